The van der Waals surface area contributed by atoms with Gasteiger partial charge < -0.3 is 0 Å². The van der Waals surface area contributed by atoms with E-state index in [1.807, 2.05) is 20.8 Å². The lowest BCUT2D eigenvalue weighted by atomic mass is 10.2. The molecule has 3 heteroatoms. The summed E-state index contributed by atoms with van der Waals surface area (Å²) in [6, 6.07) is 0.0356. The van der Waals surface area contributed by atoms with E-state index in [4.69, 9.17) is 0 Å². The van der Waals surface area contributed by atoms with Crippen molar-refractivity contribution in [1.82, 2.24) is 5.01 Å². The SMILES string of the molecule is C=C=CCC(F)=CCC(C)N(N=C=CC)C(=C)C. The molecular formula is C15H21FN2. The molecule has 0 bridgehead atoms. The quantitative estimate of drug-likeness (QED) is 0.371. The van der Waals surface area contributed by atoms with Crippen molar-refractivity contribution in [1.29, 1.82) is 0 Å². The lowest BCUT2D eigenvalue weighted by Gasteiger charge is -2.24. The van der Waals surface area contributed by atoms with E-state index in [2.05, 4.69) is 29.9 Å². The van der Waals surface area contributed by atoms with Gasteiger partial charge in [-0.3, -0.25) is 5.01 Å². The van der Waals surface area contributed by atoms with Gasteiger partial charge in [-0.1, -0.05) is 19.2 Å². The Hall–Kier alpha value is -1.82. The molecule has 0 spiro atoms. The van der Waals surface area contributed by atoms with Gasteiger partial charge in [0.05, 0.1) is 6.04 Å². The van der Waals surface area contributed by atoms with Gasteiger partial charge in [-0.05, 0) is 39.3 Å². The Labute approximate surface area is 109 Å². The van der Waals surface area contributed by atoms with Gasteiger partial charge in [0.15, 0.2) is 0 Å². The van der Waals surface area contributed by atoms with Crippen molar-refractivity contribution in [2.75, 3.05) is 0 Å². The van der Waals surface area contributed by atoms with Gasteiger partial charge in [-0.2, -0.15) is 0 Å². The van der Waals surface area contributed by atoms with Gasteiger partial charge in [-0.15, -0.1) is 10.8 Å². The van der Waals surface area contributed by atoms with E-state index in [1.165, 1.54) is 0 Å². The Kier molecular flexibility index (Phi) is 8.30. The molecule has 0 saturated heterocycles. The average molecular weight is 248 g/mol. The minimum Gasteiger partial charge on any atom is -0.259 e. The molecule has 0 aliphatic heterocycles. The number of rotatable bonds is 7. The van der Waals surface area contributed by atoms with E-state index in [0.717, 1.165) is 5.70 Å². The normalized spacial score (nSPS) is 11.9. The standard InChI is InChI=1S/C15H21FN2/c1-6-8-9-15(16)11-10-14(5)18(13(3)4)17-12-7-2/h7-8,11,14H,1,3,9-10H2,2,4-5H3. The molecule has 2 nitrogen and oxygen atoms in total. The van der Waals surface area contributed by atoms with E-state index >= 15 is 0 Å². The fourth-order valence-electron chi connectivity index (χ4n) is 1.33. The van der Waals surface area contributed by atoms with Gasteiger partial charge in [0, 0.05) is 18.0 Å². The zero-order valence-corrected chi connectivity index (χ0v) is 11.4. The Morgan fingerprint density at radius 2 is 2.22 bits per heavy atom. The summed E-state index contributed by atoms with van der Waals surface area (Å²) in [5.74, 6) is 2.57. The minimum atomic E-state index is -0.185. The molecule has 0 aromatic rings. The van der Waals surface area contributed by atoms with Gasteiger partial charge >= 0.3 is 0 Å². The zero-order chi connectivity index (χ0) is 14.0. The number of hydrogen-bond donors (Lipinski definition) is 0. The average Bonchev–Trinajstić information content (AvgIpc) is 2.33. The molecule has 0 heterocycles. The molecule has 0 aromatic carbocycles. The predicted octanol–water partition coefficient (Wildman–Crippen LogP) is 4.35. The first-order chi connectivity index (χ1) is 8.52. The third-order valence-corrected chi connectivity index (χ3v) is 2.23. The summed E-state index contributed by atoms with van der Waals surface area (Å²) < 4.78 is 13.3. The van der Waals surface area contributed by atoms with Crippen LogP contribution in [0.5, 0.6) is 0 Å². The molecule has 0 aromatic heterocycles. The van der Waals surface area contributed by atoms with Crippen LogP contribution in [0.2, 0.25) is 0 Å². The van der Waals surface area contributed by atoms with Crippen molar-refractivity contribution in [2.45, 2.75) is 39.7 Å². The van der Waals surface area contributed by atoms with Gasteiger partial charge in [0.1, 0.15) is 5.83 Å². The molecule has 18 heavy (non-hydrogen) atoms. The van der Waals surface area contributed by atoms with Crippen LogP contribution >= 0.6 is 0 Å². The van der Waals surface area contributed by atoms with Crippen LogP contribution in [0.1, 0.15) is 33.6 Å². The highest BCUT2D eigenvalue weighted by atomic mass is 19.1. The molecule has 0 rings (SSSR count). The highest BCUT2D eigenvalue weighted by molar-refractivity contribution is 5.50. The number of hydrogen-bond acceptors (Lipinski definition) is 2. The second kappa shape index (κ2) is 9.23. The van der Waals surface area contributed by atoms with Crippen molar-refractivity contribution < 1.29 is 4.39 Å². The predicted molar refractivity (Wildman–Crippen MR) is 75.9 cm³/mol. The highest BCUT2D eigenvalue weighted by Crippen LogP contribution is 2.14. The van der Waals surface area contributed by atoms with Gasteiger partial charge in [0.2, 0.25) is 0 Å². The Balaban J connectivity index is 4.61. The lowest BCUT2D eigenvalue weighted by molar-refractivity contribution is 0.284. The summed E-state index contributed by atoms with van der Waals surface area (Å²) in [6.07, 6.45) is 5.62. The fourth-order valence-corrected chi connectivity index (χ4v) is 1.33. The fraction of sp³-hybridized carbons (Fsp3) is 0.400. The third kappa shape index (κ3) is 6.70. The maximum Gasteiger partial charge on any atom is 0.100 e. The largest absolute Gasteiger partial charge is 0.259 e. The molecule has 0 aliphatic rings. The number of halogens is 1. The first kappa shape index (κ1) is 16.2. The molecule has 0 fully saturated rings. The molecular weight excluding hydrogens is 227 g/mol. The first-order valence-electron chi connectivity index (χ1n) is 5.90. The highest BCUT2D eigenvalue weighted by Gasteiger charge is 2.10. The van der Waals surface area contributed by atoms with Crippen LogP contribution in [0.15, 0.2) is 53.7 Å². The monoisotopic (exact) mass is 248 g/mol. The van der Waals surface area contributed by atoms with E-state index < -0.39 is 0 Å². The molecule has 0 aliphatic carbocycles. The molecule has 0 saturated carbocycles. The van der Waals surface area contributed by atoms with Crippen molar-refractivity contribution >= 4 is 5.87 Å². The van der Waals surface area contributed by atoms with Crippen molar-refractivity contribution in [3.05, 3.63) is 48.6 Å². The molecule has 98 valence electrons. The number of hydrazone groups is 1. The Bertz CT molecular complexity index is 408. The maximum absolute atomic E-state index is 13.3. The van der Waals surface area contributed by atoms with E-state index in [0.29, 0.717) is 6.42 Å². The summed E-state index contributed by atoms with van der Waals surface area (Å²) in [7, 11) is 0. The van der Waals surface area contributed by atoms with Crippen LogP contribution in [0, 0.1) is 0 Å². The van der Waals surface area contributed by atoms with E-state index in [1.54, 1.807) is 23.2 Å². The van der Waals surface area contributed by atoms with Crippen molar-refractivity contribution in [3.63, 3.8) is 0 Å². The molecule has 1 atom stereocenters. The van der Waals surface area contributed by atoms with E-state index in [-0.39, 0.29) is 18.3 Å². The summed E-state index contributed by atoms with van der Waals surface area (Å²) in [5, 5.41) is 5.86. The smallest absolute Gasteiger partial charge is 0.100 e. The molecule has 0 radical (unpaired) electrons. The summed E-state index contributed by atoms with van der Waals surface area (Å²) >= 11 is 0. The Morgan fingerprint density at radius 1 is 1.56 bits per heavy atom. The minimum absolute atomic E-state index is 0.0356. The number of allylic oxidation sites excluding steroid dienone is 4. The van der Waals surface area contributed by atoms with Crippen LogP contribution in [-0.4, -0.2) is 16.9 Å². The van der Waals surface area contributed by atoms with Crippen molar-refractivity contribution in [2.24, 2.45) is 5.10 Å². The maximum atomic E-state index is 13.3. The van der Waals surface area contributed by atoms with Crippen molar-refractivity contribution in [3.8, 4) is 0 Å². The van der Waals surface area contributed by atoms with Crippen LogP contribution in [-0.2, 0) is 0 Å². The molecule has 0 amide bonds. The van der Waals surface area contributed by atoms with Crippen LogP contribution < -0.4 is 0 Å². The zero-order valence-electron chi connectivity index (χ0n) is 11.4. The molecule has 1 unspecified atom stereocenters. The second-order valence-corrected chi connectivity index (χ2v) is 3.95. The van der Waals surface area contributed by atoms with Gasteiger partial charge in [-0.25, -0.2) is 4.39 Å². The Morgan fingerprint density at radius 3 is 2.72 bits per heavy atom. The molecule has 0 N–H and O–H groups in total. The van der Waals surface area contributed by atoms with Gasteiger partial charge in [0.25, 0.3) is 0 Å². The van der Waals surface area contributed by atoms with Crippen LogP contribution in [0.3, 0.4) is 0 Å². The topological polar surface area (TPSA) is 15.6 Å². The number of nitrogens with zero attached hydrogens (tertiary/aromatic N) is 2. The summed E-state index contributed by atoms with van der Waals surface area (Å²) in [5.41, 5.74) is 3.34. The first-order valence-corrected chi connectivity index (χ1v) is 5.90. The third-order valence-electron chi connectivity index (χ3n) is 2.23. The summed E-state index contributed by atoms with van der Waals surface area (Å²) in [6.45, 7) is 12.9. The lowest BCUT2D eigenvalue weighted by Crippen LogP contribution is -2.25. The van der Waals surface area contributed by atoms with Crippen LogP contribution in [0.25, 0.3) is 0 Å². The van der Waals surface area contributed by atoms with Crippen LogP contribution in [0.4, 0.5) is 4.39 Å². The summed E-state index contributed by atoms with van der Waals surface area (Å²) in [4.78, 5) is 0. The second-order valence-electron chi connectivity index (χ2n) is 3.95. The van der Waals surface area contributed by atoms with E-state index in [9.17, 15) is 4.39 Å².